The Kier molecular flexibility index (Phi) is 3.66. The summed E-state index contributed by atoms with van der Waals surface area (Å²) in [5.74, 6) is 0.592. The third kappa shape index (κ3) is 2.99. The normalized spacial score (nSPS) is 10.5. The standard InChI is InChI=1S/C12H13ClN2O2/c1-15-5-4-10(14-15)8-17-12-3-2-9(7-16)6-11(12)13/h2-6,16H,7-8H2,1H3. The van der Waals surface area contributed by atoms with Crippen LogP contribution in [0.5, 0.6) is 5.75 Å². The van der Waals surface area contributed by atoms with Crippen molar-refractivity contribution in [2.45, 2.75) is 13.2 Å². The molecule has 0 saturated heterocycles. The number of aliphatic hydroxyl groups is 1. The van der Waals surface area contributed by atoms with Gasteiger partial charge in [-0.3, -0.25) is 4.68 Å². The van der Waals surface area contributed by atoms with Gasteiger partial charge in [0.05, 0.1) is 17.3 Å². The summed E-state index contributed by atoms with van der Waals surface area (Å²) >= 11 is 6.02. The molecular weight excluding hydrogens is 240 g/mol. The summed E-state index contributed by atoms with van der Waals surface area (Å²) in [4.78, 5) is 0. The molecule has 1 N–H and O–H groups in total. The highest BCUT2D eigenvalue weighted by molar-refractivity contribution is 6.32. The molecule has 0 aliphatic carbocycles. The minimum Gasteiger partial charge on any atom is -0.486 e. The Morgan fingerprint density at radius 2 is 2.24 bits per heavy atom. The van der Waals surface area contributed by atoms with Crippen LogP contribution in [-0.2, 0) is 20.3 Å². The number of rotatable bonds is 4. The van der Waals surface area contributed by atoms with Crippen molar-refractivity contribution in [3.8, 4) is 5.75 Å². The van der Waals surface area contributed by atoms with E-state index in [9.17, 15) is 0 Å². The molecule has 1 aromatic carbocycles. The minimum atomic E-state index is -0.0275. The van der Waals surface area contributed by atoms with Crippen LogP contribution in [-0.4, -0.2) is 14.9 Å². The van der Waals surface area contributed by atoms with Gasteiger partial charge in [-0.15, -0.1) is 0 Å². The van der Waals surface area contributed by atoms with E-state index < -0.39 is 0 Å². The molecule has 1 aromatic heterocycles. The van der Waals surface area contributed by atoms with E-state index in [1.165, 1.54) is 0 Å². The van der Waals surface area contributed by atoms with Crippen LogP contribution in [0, 0.1) is 0 Å². The molecule has 2 aromatic rings. The number of aromatic nitrogens is 2. The molecule has 0 saturated carbocycles. The second-order valence-electron chi connectivity index (χ2n) is 3.69. The van der Waals surface area contributed by atoms with Crippen molar-refractivity contribution in [1.29, 1.82) is 0 Å². The maximum Gasteiger partial charge on any atom is 0.138 e. The van der Waals surface area contributed by atoms with Gasteiger partial charge in [-0.05, 0) is 23.8 Å². The van der Waals surface area contributed by atoms with Crippen molar-refractivity contribution in [3.63, 3.8) is 0 Å². The third-order valence-electron chi connectivity index (χ3n) is 2.32. The zero-order valence-electron chi connectivity index (χ0n) is 9.43. The van der Waals surface area contributed by atoms with Crippen LogP contribution in [0.2, 0.25) is 5.02 Å². The second kappa shape index (κ2) is 5.21. The van der Waals surface area contributed by atoms with Crippen molar-refractivity contribution >= 4 is 11.6 Å². The minimum absolute atomic E-state index is 0.0275. The molecule has 0 spiro atoms. The highest BCUT2D eigenvalue weighted by Crippen LogP contribution is 2.26. The predicted octanol–water partition coefficient (Wildman–Crippen LogP) is 2.14. The number of benzene rings is 1. The number of halogens is 1. The molecule has 2 rings (SSSR count). The summed E-state index contributed by atoms with van der Waals surface area (Å²) < 4.78 is 7.26. The summed E-state index contributed by atoms with van der Waals surface area (Å²) in [5, 5.41) is 13.6. The fourth-order valence-corrected chi connectivity index (χ4v) is 1.71. The van der Waals surface area contributed by atoms with Crippen molar-refractivity contribution in [2.24, 2.45) is 7.05 Å². The molecule has 0 aliphatic heterocycles. The first-order valence-corrected chi connectivity index (χ1v) is 5.57. The molecule has 1 heterocycles. The van der Waals surface area contributed by atoms with E-state index >= 15 is 0 Å². The number of hydrogen-bond donors (Lipinski definition) is 1. The van der Waals surface area contributed by atoms with E-state index in [0.29, 0.717) is 17.4 Å². The molecule has 0 amide bonds. The van der Waals surface area contributed by atoms with E-state index in [4.69, 9.17) is 21.4 Å². The Hall–Kier alpha value is -1.52. The SMILES string of the molecule is Cn1ccc(COc2ccc(CO)cc2Cl)n1. The first kappa shape index (κ1) is 12.0. The highest BCUT2D eigenvalue weighted by atomic mass is 35.5. The lowest BCUT2D eigenvalue weighted by Gasteiger charge is -2.07. The van der Waals surface area contributed by atoms with Crippen LogP contribution in [0.25, 0.3) is 0 Å². The summed E-state index contributed by atoms with van der Waals surface area (Å²) in [7, 11) is 1.85. The van der Waals surface area contributed by atoms with Gasteiger partial charge in [-0.25, -0.2) is 0 Å². The highest BCUT2D eigenvalue weighted by Gasteiger charge is 2.04. The van der Waals surface area contributed by atoms with Gasteiger partial charge in [0, 0.05) is 13.2 Å². The molecule has 0 aliphatic rings. The lowest BCUT2D eigenvalue weighted by atomic mass is 10.2. The Morgan fingerprint density at radius 3 is 2.82 bits per heavy atom. The maximum absolute atomic E-state index is 8.95. The van der Waals surface area contributed by atoms with Crippen LogP contribution in [0.1, 0.15) is 11.3 Å². The smallest absolute Gasteiger partial charge is 0.138 e. The molecule has 0 atom stereocenters. The Bertz CT molecular complexity index is 511. The zero-order chi connectivity index (χ0) is 12.3. The van der Waals surface area contributed by atoms with Crippen molar-refractivity contribution in [2.75, 3.05) is 0 Å². The number of nitrogens with zero attached hydrogens (tertiary/aromatic N) is 2. The van der Waals surface area contributed by atoms with Gasteiger partial charge >= 0.3 is 0 Å². The van der Waals surface area contributed by atoms with Gasteiger partial charge in [-0.1, -0.05) is 17.7 Å². The monoisotopic (exact) mass is 252 g/mol. The summed E-state index contributed by atoms with van der Waals surface area (Å²) in [5.41, 5.74) is 1.61. The fourth-order valence-electron chi connectivity index (χ4n) is 1.45. The first-order chi connectivity index (χ1) is 8.19. The van der Waals surface area contributed by atoms with E-state index in [1.54, 1.807) is 22.9 Å². The largest absolute Gasteiger partial charge is 0.486 e. The average molecular weight is 253 g/mol. The van der Waals surface area contributed by atoms with Crippen LogP contribution in [0.3, 0.4) is 0 Å². The van der Waals surface area contributed by atoms with Gasteiger partial charge < -0.3 is 9.84 Å². The Morgan fingerprint density at radius 1 is 1.41 bits per heavy atom. The van der Waals surface area contributed by atoms with Crippen LogP contribution in [0.15, 0.2) is 30.5 Å². The third-order valence-corrected chi connectivity index (χ3v) is 2.62. The van der Waals surface area contributed by atoms with Crippen molar-refractivity contribution in [3.05, 3.63) is 46.7 Å². The molecule has 17 heavy (non-hydrogen) atoms. The van der Waals surface area contributed by atoms with E-state index in [2.05, 4.69) is 5.10 Å². The Balaban J connectivity index is 2.04. The molecule has 0 radical (unpaired) electrons. The lowest BCUT2D eigenvalue weighted by Crippen LogP contribution is -1.98. The van der Waals surface area contributed by atoms with Gasteiger partial charge in [-0.2, -0.15) is 5.10 Å². The van der Waals surface area contributed by atoms with E-state index in [-0.39, 0.29) is 6.61 Å². The van der Waals surface area contributed by atoms with E-state index in [1.807, 2.05) is 19.3 Å². The Labute approximate surface area is 104 Å². The number of ether oxygens (including phenoxy) is 1. The van der Waals surface area contributed by atoms with Crippen molar-refractivity contribution < 1.29 is 9.84 Å². The van der Waals surface area contributed by atoms with Gasteiger partial charge in [0.1, 0.15) is 12.4 Å². The van der Waals surface area contributed by atoms with Gasteiger partial charge in [0.25, 0.3) is 0 Å². The summed E-state index contributed by atoms with van der Waals surface area (Å²) in [6.07, 6.45) is 1.86. The summed E-state index contributed by atoms with van der Waals surface area (Å²) in [6.45, 7) is 0.347. The lowest BCUT2D eigenvalue weighted by molar-refractivity contribution is 0.280. The van der Waals surface area contributed by atoms with E-state index in [0.717, 1.165) is 11.3 Å². The fraction of sp³-hybridized carbons (Fsp3) is 0.250. The molecule has 4 nitrogen and oxygen atoms in total. The molecule has 0 unspecified atom stereocenters. The average Bonchev–Trinajstić information content (AvgIpc) is 2.73. The zero-order valence-corrected chi connectivity index (χ0v) is 10.2. The van der Waals surface area contributed by atoms with Crippen LogP contribution >= 0.6 is 11.6 Å². The maximum atomic E-state index is 8.95. The van der Waals surface area contributed by atoms with Crippen molar-refractivity contribution in [1.82, 2.24) is 9.78 Å². The first-order valence-electron chi connectivity index (χ1n) is 5.19. The molecule has 90 valence electrons. The molecular formula is C12H13ClN2O2. The quantitative estimate of drug-likeness (QED) is 0.907. The van der Waals surface area contributed by atoms with Crippen LogP contribution in [0.4, 0.5) is 0 Å². The summed E-state index contributed by atoms with van der Waals surface area (Å²) in [6, 6.07) is 7.10. The molecule has 5 heteroatoms. The second-order valence-corrected chi connectivity index (χ2v) is 4.10. The van der Waals surface area contributed by atoms with Crippen LogP contribution < -0.4 is 4.74 Å². The molecule has 0 bridgehead atoms. The predicted molar refractivity (Wildman–Crippen MR) is 64.9 cm³/mol. The number of hydrogen-bond acceptors (Lipinski definition) is 3. The van der Waals surface area contributed by atoms with Gasteiger partial charge in [0.2, 0.25) is 0 Å². The topological polar surface area (TPSA) is 47.3 Å². The molecule has 0 fully saturated rings. The number of aryl methyl sites for hydroxylation is 1. The van der Waals surface area contributed by atoms with Gasteiger partial charge in [0.15, 0.2) is 0 Å². The number of aliphatic hydroxyl groups excluding tert-OH is 1.